The van der Waals surface area contributed by atoms with E-state index in [1.807, 2.05) is 0 Å². The predicted octanol–water partition coefficient (Wildman–Crippen LogP) is 3.25. The number of halogens is 3. The molecule has 0 saturated heterocycles. The molecular weight excluding hydrogens is 464 g/mol. The fourth-order valence-electron chi connectivity index (χ4n) is 2.76. The van der Waals surface area contributed by atoms with Crippen molar-refractivity contribution < 1.29 is 14.2 Å². The molecule has 0 saturated carbocycles. The van der Waals surface area contributed by atoms with Gasteiger partial charge in [-0.25, -0.2) is 9.18 Å². The molecule has 0 aliphatic heterocycles. The van der Waals surface area contributed by atoms with E-state index in [0.717, 1.165) is 17.1 Å². The van der Waals surface area contributed by atoms with E-state index in [4.69, 9.17) is 27.9 Å². The zero-order valence-electron chi connectivity index (χ0n) is 15.9. The van der Waals surface area contributed by atoms with Gasteiger partial charge in [-0.05, 0) is 29.8 Å². The molecule has 0 spiro atoms. The number of hydrogen-bond acceptors (Lipinski definition) is 7. The number of benzene rings is 2. The molecule has 2 aromatic carbocycles. The Bertz CT molecular complexity index is 1400. The van der Waals surface area contributed by atoms with Gasteiger partial charge in [-0.15, -0.1) is 0 Å². The van der Waals surface area contributed by atoms with Gasteiger partial charge in [0.1, 0.15) is 12.0 Å². The van der Waals surface area contributed by atoms with Crippen LogP contribution < -0.4 is 16.0 Å². The van der Waals surface area contributed by atoms with Crippen LogP contribution in [0.25, 0.3) is 5.69 Å². The number of nitrogens with zero attached hydrogens (tertiary/aromatic N) is 4. The molecule has 4 aromatic rings. The molecule has 162 valence electrons. The molecular formula is C20H12Cl2FN5O4. The molecule has 9 nitrogen and oxygen atoms in total. The van der Waals surface area contributed by atoms with Crippen molar-refractivity contribution >= 4 is 23.2 Å². The van der Waals surface area contributed by atoms with Crippen LogP contribution in [0.3, 0.4) is 0 Å². The minimum atomic E-state index is -0.773. The quantitative estimate of drug-likeness (QED) is 0.453. The summed E-state index contributed by atoms with van der Waals surface area (Å²) < 4.78 is 19.6. The van der Waals surface area contributed by atoms with E-state index in [9.17, 15) is 19.1 Å². The third kappa shape index (κ3) is 4.61. The van der Waals surface area contributed by atoms with Crippen molar-refractivity contribution in [2.24, 2.45) is 0 Å². The molecule has 0 bridgehead atoms. The summed E-state index contributed by atoms with van der Waals surface area (Å²) in [7, 11) is 0. The van der Waals surface area contributed by atoms with E-state index in [1.165, 1.54) is 24.3 Å². The van der Waals surface area contributed by atoms with Crippen molar-refractivity contribution in [1.29, 1.82) is 0 Å². The molecule has 2 N–H and O–H groups in total. The number of hydrogen-bond donors (Lipinski definition) is 2. The van der Waals surface area contributed by atoms with Crippen molar-refractivity contribution in [2.45, 2.75) is 6.42 Å². The normalized spacial score (nSPS) is 10.8. The van der Waals surface area contributed by atoms with E-state index in [2.05, 4.69) is 20.1 Å². The molecule has 0 fully saturated rings. The van der Waals surface area contributed by atoms with E-state index in [0.29, 0.717) is 5.56 Å². The Morgan fingerprint density at radius 2 is 1.78 bits per heavy atom. The molecule has 12 heteroatoms. The van der Waals surface area contributed by atoms with Crippen molar-refractivity contribution in [3.63, 3.8) is 0 Å². The van der Waals surface area contributed by atoms with Gasteiger partial charge in [0, 0.05) is 6.42 Å². The van der Waals surface area contributed by atoms with E-state index < -0.39 is 11.2 Å². The van der Waals surface area contributed by atoms with Crippen LogP contribution in [0.2, 0.25) is 10.0 Å². The maximum absolute atomic E-state index is 13.1. The summed E-state index contributed by atoms with van der Waals surface area (Å²) in [5, 5.41) is 13.8. The molecule has 32 heavy (non-hydrogen) atoms. The Labute approximate surface area is 188 Å². The molecule has 0 radical (unpaired) electrons. The second kappa shape index (κ2) is 8.77. The van der Waals surface area contributed by atoms with Crippen LogP contribution in [0.1, 0.15) is 11.3 Å². The van der Waals surface area contributed by atoms with Crippen LogP contribution in [0.4, 0.5) is 4.39 Å². The van der Waals surface area contributed by atoms with E-state index in [1.54, 1.807) is 12.1 Å². The van der Waals surface area contributed by atoms with Gasteiger partial charge in [-0.3, -0.25) is 9.78 Å². The SMILES string of the molecule is O=c1cnn(-c2cc(Cl)c(Oc3ncc(O)c(Cc4ccc(F)cc4)n3)c(Cl)c2)c(=O)[nH]1. The van der Waals surface area contributed by atoms with Gasteiger partial charge < -0.3 is 9.84 Å². The standard InChI is InChI=1S/C20H12Cl2FN5O4/c21-13-6-12(28-20(31)27-17(30)9-25-28)7-14(22)18(13)32-19-24-8-16(29)15(26-19)5-10-1-3-11(23)4-2-10/h1-4,6-9,29H,5H2,(H,27,30,31). The average Bonchev–Trinajstić information content (AvgIpc) is 2.74. The monoisotopic (exact) mass is 475 g/mol. The Morgan fingerprint density at radius 3 is 2.44 bits per heavy atom. The summed E-state index contributed by atoms with van der Waals surface area (Å²) >= 11 is 12.5. The van der Waals surface area contributed by atoms with Crippen LogP contribution in [0.15, 0.2) is 58.4 Å². The van der Waals surface area contributed by atoms with Crippen LogP contribution in [-0.2, 0) is 6.42 Å². The Morgan fingerprint density at radius 1 is 1.09 bits per heavy atom. The number of ether oxygens (including phenoxy) is 1. The first-order valence-electron chi connectivity index (χ1n) is 8.95. The number of aromatic hydroxyl groups is 1. The van der Waals surface area contributed by atoms with Crippen LogP contribution in [0.5, 0.6) is 17.5 Å². The first-order chi connectivity index (χ1) is 15.3. The lowest BCUT2D eigenvalue weighted by Gasteiger charge is -2.12. The zero-order chi connectivity index (χ0) is 22.8. The van der Waals surface area contributed by atoms with Crippen molar-refractivity contribution in [3.05, 3.63) is 96.7 Å². The predicted molar refractivity (Wildman–Crippen MR) is 113 cm³/mol. The Kier molecular flexibility index (Phi) is 5.89. The molecule has 0 aliphatic rings. The van der Waals surface area contributed by atoms with Crippen molar-refractivity contribution in [3.8, 4) is 23.2 Å². The average molecular weight is 476 g/mol. The fourth-order valence-corrected chi connectivity index (χ4v) is 3.31. The number of H-pyrrole nitrogens is 1. The maximum Gasteiger partial charge on any atom is 0.349 e. The molecule has 0 aliphatic carbocycles. The highest BCUT2D eigenvalue weighted by molar-refractivity contribution is 6.37. The highest BCUT2D eigenvalue weighted by atomic mass is 35.5. The highest BCUT2D eigenvalue weighted by Gasteiger charge is 2.16. The lowest BCUT2D eigenvalue weighted by atomic mass is 10.1. The number of aromatic nitrogens is 5. The molecule has 0 unspecified atom stereocenters. The second-order valence-electron chi connectivity index (χ2n) is 6.48. The minimum absolute atomic E-state index is 0.00739. The molecule has 2 heterocycles. The van der Waals surface area contributed by atoms with E-state index in [-0.39, 0.29) is 51.2 Å². The topological polar surface area (TPSA) is 123 Å². The minimum Gasteiger partial charge on any atom is -0.504 e. The second-order valence-corrected chi connectivity index (χ2v) is 7.29. The lowest BCUT2D eigenvalue weighted by molar-refractivity contribution is 0.421. The first kappa shape index (κ1) is 21.5. The third-order valence-electron chi connectivity index (χ3n) is 4.24. The Hall–Kier alpha value is -3.76. The molecule has 0 atom stereocenters. The summed E-state index contributed by atoms with van der Waals surface area (Å²) in [6, 6.07) is 8.30. The van der Waals surface area contributed by atoms with Gasteiger partial charge in [0.2, 0.25) is 0 Å². The fraction of sp³-hybridized carbons (Fsp3) is 0.0500. The van der Waals surface area contributed by atoms with Gasteiger partial charge in [-0.2, -0.15) is 19.7 Å². The third-order valence-corrected chi connectivity index (χ3v) is 4.80. The summed E-state index contributed by atoms with van der Waals surface area (Å²) in [5.41, 5.74) is -0.271. The number of aromatic amines is 1. The van der Waals surface area contributed by atoms with Crippen LogP contribution in [-0.4, -0.2) is 29.8 Å². The molecule has 2 aromatic heterocycles. The summed E-state index contributed by atoms with van der Waals surface area (Å²) in [4.78, 5) is 33.3. The van der Waals surface area contributed by atoms with Gasteiger partial charge in [0.15, 0.2) is 11.5 Å². The number of nitrogens with one attached hydrogen (secondary N) is 1. The first-order valence-corrected chi connectivity index (χ1v) is 9.71. The highest BCUT2D eigenvalue weighted by Crippen LogP contribution is 2.37. The van der Waals surface area contributed by atoms with Crippen LogP contribution in [0, 0.1) is 5.82 Å². The van der Waals surface area contributed by atoms with Gasteiger partial charge in [-0.1, -0.05) is 35.3 Å². The maximum atomic E-state index is 13.1. The van der Waals surface area contributed by atoms with Crippen LogP contribution >= 0.6 is 23.2 Å². The van der Waals surface area contributed by atoms with Gasteiger partial charge >= 0.3 is 11.7 Å². The summed E-state index contributed by atoms with van der Waals surface area (Å²) in [6.45, 7) is 0. The van der Waals surface area contributed by atoms with Gasteiger partial charge in [0.05, 0.1) is 27.6 Å². The largest absolute Gasteiger partial charge is 0.504 e. The smallest absolute Gasteiger partial charge is 0.349 e. The Balaban J connectivity index is 1.63. The van der Waals surface area contributed by atoms with Crippen molar-refractivity contribution in [2.75, 3.05) is 0 Å². The molecule has 0 amide bonds. The van der Waals surface area contributed by atoms with E-state index >= 15 is 0 Å². The summed E-state index contributed by atoms with van der Waals surface area (Å²) in [5.74, 6) is -0.539. The lowest BCUT2D eigenvalue weighted by Crippen LogP contribution is -2.30. The summed E-state index contributed by atoms with van der Waals surface area (Å²) in [6.07, 6.45) is 2.29. The van der Waals surface area contributed by atoms with Gasteiger partial charge in [0.25, 0.3) is 5.56 Å². The zero-order valence-corrected chi connectivity index (χ0v) is 17.4. The van der Waals surface area contributed by atoms with Crippen molar-refractivity contribution in [1.82, 2.24) is 24.7 Å². The molecule has 4 rings (SSSR count). The number of rotatable bonds is 5.